The molecule has 7 nitrogen and oxygen atoms in total. The van der Waals surface area contributed by atoms with Crippen LogP contribution in [0.4, 0.5) is 0 Å². The van der Waals surface area contributed by atoms with E-state index in [0.29, 0.717) is 11.5 Å². The molecular formula is C15H17N5O2S. The predicted octanol–water partition coefficient (Wildman–Crippen LogP) is 1.31. The SMILES string of the molecule is Cc1sc2nc(C)n3c(=O)n(CC(=O)NC4CC4)nc3c2c1C. The highest BCUT2D eigenvalue weighted by Crippen LogP contribution is 2.31. The highest BCUT2D eigenvalue weighted by molar-refractivity contribution is 7.18. The second-order valence-corrected chi connectivity index (χ2v) is 7.27. The Labute approximate surface area is 135 Å². The van der Waals surface area contributed by atoms with Gasteiger partial charge in [-0.25, -0.2) is 18.9 Å². The van der Waals surface area contributed by atoms with E-state index in [-0.39, 0.29) is 24.2 Å². The molecule has 1 N–H and O–H groups in total. The van der Waals surface area contributed by atoms with E-state index in [9.17, 15) is 9.59 Å². The topological polar surface area (TPSA) is 81.3 Å². The molecule has 0 aromatic carbocycles. The minimum Gasteiger partial charge on any atom is -0.352 e. The minimum atomic E-state index is -0.318. The first-order valence-electron chi connectivity index (χ1n) is 7.61. The number of amides is 1. The van der Waals surface area contributed by atoms with E-state index in [0.717, 1.165) is 33.5 Å². The van der Waals surface area contributed by atoms with Crippen LogP contribution in [0.15, 0.2) is 4.79 Å². The molecule has 3 heterocycles. The molecule has 1 amide bonds. The Morgan fingerprint density at radius 2 is 2.09 bits per heavy atom. The molecule has 1 aliphatic carbocycles. The number of fused-ring (bicyclic) bond motifs is 3. The van der Waals surface area contributed by atoms with Crippen LogP contribution in [0.2, 0.25) is 0 Å². The first-order valence-corrected chi connectivity index (χ1v) is 8.42. The van der Waals surface area contributed by atoms with E-state index in [1.165, 1.54) is 9.08 Å². The zero-order chi connectivity index (χ0) is 16.3. The molecule has 8 heteroatoms. The number of thiophene rings is 1. The second-order valence-electron chi connectivity index (χ2n) is 6.06. The molecule has 1 saturated carbocycles. The number of nitrogens with zero attached hydrogens (tertiary/aromatic N) is 4. The van der Waals surface area contributed by atoms with Crippen molar-refractivity contribution in [2.75, 3.05) is 0 Å². The van der Waals surface area contributed by atoms with Crippen LogP contribution in [0.1, 0.15) is 29.1 Å². The van der Waals surface area contributed by atoms with Crippen molar-refractivity contribution in [3.05, 3.63) is 26.7 Å². The molecule has 120 valence electrons. The number of hydrogen-bond donors (Lipinski definition) is 1. The van der Waals surface area contributed by atoms with Gasteiger partial charge in [0, 0.05) is 10.9 Å². The maximum atomic E-state index is 12.6. The monoisotopic (exact) mass is 331 g/mol. The van der Waals surface area contributed by atoms with Crippen LogP contribution < -0.4 is 11.0 Å². The summed E-state index contributed by atoms with van der Waals surface area (Å²) in [4.78, 5) is 31.1. The lowest BCUT2D eigenvalue weighted by atomic mass is 10.2. The number of carbonyl (C=O) groups is 1. The van der Waals surface area contributed by atoms with Gasteiger partial charge < -0.3 is 5.32 Å². The number of hydrogen-bond acceptors (Lipinski definition) is 5. The molecule has 1 aliphatic rings. The smallest absolute Gasteiger partial charge is 0.352 e. The van der Waals surface area contributed by atoms with Gasteiger partial charge in [0.05, 0.1) is 5.39 Å². The van der Waals surface area contributed by atoms with Crippen LogP contribution in [0.3, 0.4) is 0 Å². The van der Waals surface area contributed by atoms with Gasteiger partial charge in [0.15, 0.2) is 5.65 Å². The van der Waals surface area contributed by atoms with Crippen molar-refractivity contribution in [1.82, 2.24) is 24.5 Å². The summed E-state index contributed by atoms with van der Waals surface area (Å²) < 4.78 is 2.72. The fourth-order valence-electron chi connectivity index (χ4n) is 2.75. The molecule has 4 rings (SSSR count). The van der Waals surface area contributed by atoms with Gasteiger partial charge in [-0.05, 0) is 39.2 Å². The molecule has 0 spiro atoms. The molecule has 1 fully saturated rings. The van der Waals surface area contributed by atoms with Crippen LogP contribution in [0.5, 0.6) is 0 Å². The molecule has 0 radical (unpaired) electrons. The third-order valence-corrected chi connectivity index (χ3v) is 5.35. The molecule has 0 unspecified atom stereocenters. The summed E-state index contributed by atoms with van der Waals surface area (Å²) in [7, 11) is 0. The maximum Gasteiger partial charge on any atom is 0.352 e. The number of aromatic nitrogens is 4. The van der Waals surface area contributed by atoms with Gasteiger partial charge in [-0.15, -0.1) is 16.4 Å². The van der Waals surface area contributed by atoms with Gasteiger partial charge in [0.25, 0.3) is 0 Å². The van der Waals surface area contributed by atoms with E-state index in [2.05, 4.69) is 15.4 Å². The number of aryl methyl sites for hydroxylation is 3. The third kappa shape index (κ3) is 2.24. The quantitative estimate of drug-likeness (QED) is 0.784. The fourth-order valence-corrected chi connectivity index (χ4v) is 3.82. The van der Waals surface area contributed by atoms with Crippen molar-refractivity contribution in [3.8, 4) is 0 Å². The Morgan fingerprint density at radius 1 is 1.35 bits per heavy atom. The van der Waals surface area contributed by atoms with Crippen LogP contribution in [0, 0.1) is 20.8 Å². The van der Waals surface area contributed by atoms with Crippen LogP contribution in [-0.2, 0) is 11.3 Å². The van der Waals surface area contributed by atoms with Crippen molar-refractivity contribution in [2.45, 2.75) is 46.2 Å². The van der Waals surface area contributed by atoms with E-state index in [4.69, 9.17) is 0 Å². The summed E-state index contributed by atoms with van der Waals surface area (Å²) in [6.07, 6.45) is 2.03. The number of carbonyl (C=O) groups excluding carboxylic acids is 1. The van der Waals surface area contributed by atoms with Crippen molar-refractivity contribution in [3.63, 3.8) is 0 Å². The normalized spacial score (nSPS) is 14.7. The number of rotatable bonds is 3. The van der Waals surface area contributed by atoms with Gasteiger partial charge in [0.2, 0.25) is 5.91 Å². The third-order valence-electron chi connectivity index (χ3n) is 4.25. The largest absolute Gasteiger partial charge is 0.352 e. The molecule has 3 aromatic rings. The van der Waals surface area contributed by atoms with Crippen molar-refractivity contribution < 1.29 is 4.79 Å². The predicted molar refractivity (Wildman–Crippen MR) is 88.0 cm³/mol. The Balaban J connectivity index is 1.88. The van der Waals surface area contributed by atoms with Crippen molar-refractivity contribution >= 4 is 33.1 Å². The lowest BCUT2D eigenvalue weighted by Crippen LogP contribution is -2.34. The Hall–Kier alpha value is -2.22. The first-order chi connectivity index (χ1) is 11.0. The lowest BCUT2D eigenvalue weighted by Gasteiger charge is -2.01. The van der Waals surface area contributed by atoms with Crippen LogP contribution in [-0.4, -0.2) is 31.1 Å². The molecule has 0 aliphatic heterocycles. The standard InChI is InChI=1S/C15H17N5O2S/c1-7-8(2)23-14-12(7)13-18-19(6-11(21)17-10-4-5-10)15(22)20(13)9(3)16-14/h10H,4-6H2,1-3H3,(H,17,21). The molecule has 0 bridgehead atoms. The lowest BCUT2D eigenvalue weighted by molar-refractivity contribution is -0.122. The van der Waals surface area contributed by atoms with E-state index in [1.54, 1.807) is 18.3 Å². The van der Waals surface area contributed by atoms with E-state index < -0.39 is 0 Å². The zero-order valence-corrected chi connectivity index (χ0v) is 14.0. The summed E-state index contributed by atoms with van der Waals surface area (Å²) in [6, 6.07) is 0.270. The average Bonchev–Trinajstić information content (AvgIpc) is 3.16. The molecule has 0 saturated heterocycles. The van der Waals surface area contributed by atoms with Crippen LogP contribution >= 0.6 is 11.3 Å². The Morgan fingerprint density at radius 3 is 2.78 bits per heavy atom. The molecular weight excluding hydrogens is 314 g/mol. The molecule has 23 heavy (non-hydrogen) atoms. The minimum absolute atomic E-state index is 0.0554. The highest BCUT2D eigenvalue weighted by Gasteiger charge is 2.24. The van der Waals surface area contributed by atoms with Gasteiger partial charge in [0.1, 0.15) is 17.2 Å². The summed E-state index contributed by atoms with van der Waals surface area (Å²) in [5, 5.41) is 8.20. The summed E-state index contributed by atoms with van der Waals surface area (Å²) >= 11 is 1.60. The van der Waals surface area contributed by atoms with Gasteiger partial charge in [-0.2, -0.15) is 0 Å². The van der Waals surface area contributed by atoms with Crippen molar-refractivity contribution in [1.29, 1.82) is 0 Å². The summed E-state index contributed by atoms with van der Waals surface area (Å²) in [5.74, 6) is 0.422. The second kappa shape index (κ2) is 4.89. The Kier molecular flexibility index (Phi) is 3.06. The summed E-state index contributed by atoms with van der Waals surface area (Å²) in [6.45, 7) is 5.77. The van der Waals surface area contributed by atoms with Gasteiger partial charge in [-0.1, -0.05) is 0 Å². The zero-order valence-electron chi connectivity index (χ0n) is 13.2. The van der Waals surface area contributed by atoms with E-state index in [1.807, 2.05) is 13.8 Å². The molecule has 0 atom stereocenters. The number of nitrogens with one attached hydrogen (secondary N) is 1. The van der Waals surface area contributed by atoms with Gasteiger partial charge >= 0.3 is 5.69 Å². The fraction of sp³-hybridized carbons (Fsp3) is 0.467. The highest BCUT2D eigenvalue weighted by atomic mass is 32.1. The van der Waals surface area contributed by atoms with E-state index >= 15 is 0 Å². The Bertz CT molecular complexity index is 1010. The summed E-state index contributed by atoms with van der Waals surface area (Å²) in [5.41, 5.74) is 1.35. The van der Waals surface area contributed by atoms with Gasteiger partial charge in [-0.3, -0.25) is 4.79 Å². The maximum absolute atomic E-state index is 12.6. The average molecular weight is 331 g/mol. The molecule has 3 aromatic heterocycles. The van der Waals surface area contributed by atoms with Crippen LogP contribution in [0.25, 0.3) is 15.9 Å². The van der Waals surface area contributed by atoms with Crippen molar-refractivity contribution in [2.24, 2.45) is 0 Å². The first kappa shape index (κ1) is 14.4.